The van der Waals surface area contributed by atoms with Crippen molar-refractivity contribution in [3.63, 3.8) is 0 Å². The van der Waals surface area contributed by atoms with E-state index in [1.807, 2.05) is 23.9 Å². The van der Waals surface area contributed by atoms with E-state index in [0.29, 0.717) is 12.4 Å². The second kappa shape index (κ2) is 4.57. The van der Waals surface area contributed by atoms with Crippen LogP contribution in [0.5, 0.6) is 11.5 Å². The van der Waals surface area contributed by atoms with Gasteiger partial charge in [-0.3, -0.25) is 0 Å². The van der Waals surface area contributed by atoms with Gasteiger partial charge < -0.3 is 14.4 Å². The number of benzene rings is 1. The molecule has 0 amide bonds. The molecule has 5 heteroatoms. The van der Waals surface area contributed by atoms with E-state index in [2.05, 4.69) is 20.9 Å². The monoisotopic (exact) mass is 282 g/mol. The Morgan fingerprint density at radius 2 is 2.19 bits per heavy atom. The average molecular weight is 283 g/mol. The van der Waals surface area contributed by atoms with Crippen LogP contribution in [-0.4, -0.2) is 14.7 Å². The highest BCUT2D eigenvalue weighted by molar-refractivity contribution is 9.10. The van der Waals surface area contributed by atoms with Gasteiger partial charge in [0.15, 0.2) is 16.2 Å². The van der Waals surface area contributed by atoms with Crippen molar-refractivity contribution in [3.8, 4) is 11.5 Å². The third-order valence-electron chi connectivity index (χ3n) is 2.11. The Morgan fingerprint density at radius 1 is 1.44 bits per heavy atom. The zero-order valence-electron chi connectivity index (χ0n) is 8.72. The molecule has 16 heavy (non-hydrogen) atoms. The van der Waals surface area contributed by atoms with Gasteiger partial charge in [0.25, 0.3) is 0 Å². The number of imidazole rings is 1. The fourth-order valence-corrected chi connectivity index (χ4v) is 1.63. The predicted octanol–water partition coefficient (Wildman–Crippen LogP) is 2.47. The number of nitrogens with zero attached hydrogens (tertiary/aromatic N) is 2. The van der Waals surface area contributed by atoms with Crippen LogP contribution in [0.25, 0.3) is 0 Å². The minimum atomic E-state index is 0.137. The molecule has 1 aromatic carbocycles. The van der Waals surface area contributed by atoms with E-state index in [-0.39, 0.29) is 5.75 Å². The fourth-order valence-electron chi connectivity index (χ4n) is 1.30. The van der Waals surface area contributed by atoms with Gasteiger partial charge in [-0.15, -0.1) is 0 Å². The molecule has 2 rings (SSSR count). The molecule has 0 unspecified atom stereocenters. The summed E-state index contributed by atoms with van der Waals surface area (Å²) in [5.74, 6) is 0.599. The molecule has 1 heterocycles. The Bertz CT molecular complexity index is 477. The van der Waals surface area contributed by atoms with E-state index in [4.69, 9.17) is 4.74 Å². The number of hydrogen-bond donors (Lipinski definition) is 1. The lowest BCUT2D eigenvalue weighted by Gasteiger charge is -2.05. The molecule has 1 N–H and O–H groups in total. The van der Waals surface area contributed by atoms with E-state index < -0.39 is 0 Å². The van der Waals surface area contributed by atoms with Gasteiger partial charge in [0, 0.05) is 13.2 Å². The first-order chi connectivity index (χ1) is 7.66. The fraction of sp³-hybridized carbons (Fsp3) is 0.182. The van der Waals surface area contributed by atoms with Crippen molar-refractivity contribution in [2.24, 2.45) is 7.05 Å². The van der Waals surface area contributed by atoms with Gasteiger partial charge in [0.1, 0.15) is 6.61 Å². The molecule has 0 aliphatic rings. The highest BCUT2D eigenvalue weighted by Crippen LogP contribution is 2.25. The topological polar surface area (TPSA) is 47.3 Å². The van der Waals surface area contributed by atoms with Crippen LogP contribution in [0.4, 0.5) is 0 Å². The number of aromatic nitrogens is 2. The van der Waals surface area contributed by atoms with Gasteiger partial charge in [-0.1, -0.05) is 12.1 Å². The average Bonchev–Trinajstić information content (AvgIpc) is 2.57. The van der Waals surface area contributed by atoms with Crippen LogP contribution in [0.2, 0.25) is 0 Å². The summed E-state index contributed by atoms with van der Waals surface area (Å²) in [5.41, 5.74) is 0.803. The van der Waals surface area contributed by atoms with Crippen LogP contribution in [0.15, 0.2) is 35.2 Å². The molecule has 4 nitrogen and oxygen atoms in total. The Labute approximate surface area is 102 Å². The van der Waals surface area contributed by atoms with Gasteiger partial charge in [0.05, 0.1) is 5.69 Å². The van der Waals surface area contributed by atoms with Gasteiger partial charge in [-0.25, -0.2) is 4.98 Å². The normalized spacial score (nSPS) is 10.4. The van der Waals surface area contributed by atoms with Crippen molar-refractivity contribution in [2.45, 2.75) is 6.61 Å². The Kier molecular flexibility index (Phi) is 3.14. The van der Waals surface area contributed by atoms with Crippen LogP contribution in [0.1, 0.15) is 5.69 Å². The van der Waals surface area contributed by atoms with E-state index >= 15 is 0 Å². The van der Waals surface area contributed by atoms with E-state index in [1.54, 1.807) is 18.2 Å². The third-order valence-corrected chi connectivity index (χ3v) is 2.85. The van der Waals surface area contributed by atoms with Crippen molar-refractivity contribution < 1.29 is 9.84 Å². The Morgan fingerprint density at radius 3 is 2.81 bits per heavy atom. The summed E-state index contributed by atoms with van der Waals surface area (Å²) in [5, 5.41) is 9.49. The first-order valence-electron chi connectivity index (χ1n) is 4.75. The van der Waals surface area contributed by atoms with Crippen molar-refractivity contribution in [2.75, 3.05) is 0 Å². The number of para-hydroxylation sites is 2. The zero-order chi connectivity index (χ0) is 11.5. The summed E-state index contributed by atoms with van der Waals surface area (Å²) in [6.45, 7) is 0.330. The highest BCUT2D eigenvalue weighted by atomic mass is 79.9. The molecule has 0 aliphatic heterocycles. The number of phenolic OH excluding ortho intramolecular Hbond substituents is 1. The molecule has 0 saturated carbocycles. The SMILES string of the molecule is Cn1cc(COc2ccccc2O)nc1Br. The molecule has 0 spiro atoms. The van der Waals surface area contributed by atoms with Crippen molar-refractivity contribution >= 4 is 15.9 Å². The lowest BCUT2D eigenvalue weighted by molar-refractivity contribution is 0.285. The minimum absolute atomic E-state index is 0.137. The molecule has 0 radical (unpaired) electrons. The quantitative estimate of drug-likeness (QED) is 0.941. The van der Waals surface area contributed by atoms with E-state index in [9.17, 15) is 5.11 Å². The van der Waals surface area contributed by atoms with Crippen LogP contribution >= 0.6 is 15.9 Å². The second-order valence-electron chi connectivity index (χ2n) is 3.37. The van der Waals surface area contributed by atoms with Crippen molar-refractivity contribution in [1.29, 1.82) is 0 Å². The summed E-state index contributed by atoms with van der Waals surface area (Å²) in [6.07, 6.45) is 1.87. The van der Waals surface area contributed by atoms with E-state index in [1.165, 1.54) is 0 Å². The maximum Gasteiger partial charge on any atom is 0.177 e. The number of rotatable bonds is 3. The summed E-state index contributed by atoms with van der Waals surface area (Å²) < 4.78 is 8.05. The molecule has 1 aromatic heterocycles. The Balaban J connectivity index is 2.05. The van der Waals surface area contributed by atoms with E-state index in [0.717, 1.165) is 10.4 Å². The molecular formula is C11H11BrN2O2. The third kappa shape index (κ3) is 2.36. The van der Waals surface area contributed by atoms with Crippen molar-refractivity contribution in [1.82, 2.24) is 9.55 Å². The zero-order valence-corrected chi connectivity index (χ0v) is 10.3. The highest BCUT2D eigenvalue weighted by Gasteiger charge is 2.05. The summed E-state index contributed by atoms with van der Waals surface area (Å²) in [4.78, 5) is 4.23. The molecule has 0 fully saturated rings. The predicted molar refractivity (Wildman–Crippen MR) is 63.3 cm³/mol. The van der Waals surface area contributed by atoms with Crippen molar-refractivity contribution in [3.05, 3.63) is 40.9 Å². The van der Waals surface area contributed by atoms with Crippen LogP contribution < -0.4 is 4.74 Å². The summed E-state index contributed by atoms with van der Waals surface area (Å²) in [6, 6.07) is 6.86. The largest absolute Gasteiger partial charge is 0.504 e. The second-order valence-corrected chi connectivity index (χ2v) is 4.08. The molecule has 0 atom stereocenters. The molecule has 0 saturated heterocycles. The minimum Gasteiger partial charge on any atom is -0.504 e. The standard InChI is InChI=1S/C11H11BrN2O2/c1-14-6-8(13-11(14)12)7-16-10-5-3-2-4-9(10)15/h2-6,15H,7H2,1H3. The maximum absolute atomic E-state index is 9.49. The first-order valence-corrected chi connectivity index (χ1v) is 5.54. The molecule has 84 valence electrons. The maximum atomic E-state index is 9.49. The summed E-state index contributed by atoms with van der Waals surface area (Å²) in [7, 11) is 1.89. The number of aryl methyl sites for hydroxylation is 1. The number of hydrogen-bond acceptors (Lipinski definition) is 3. The van der Waals surface area contributed by atoms with Gasteiger partial charge >= 0.3 is 0 Å². The first kappa shape index (κ1) is 11.0. The van der Waals surface area contributed by atoms with Crippen LogP contribution in [0, 0.1) is 0 Å². The van der Waals surface area contributed by atoms with Gasteiger partial charge in [0.2, 0.25) is 0 Å². The number of aromatic hydroxyl groups is 1. The Hall–Kier alpha value is -1.49. The van der Waals surface area contributed by atoms with Crippen LogP contribution in [0.3, 0.4) is 0 Å². The molecular weight excluding hydrogens is 272 g/mol. The molecule has 2 aromatic rings. The number of phenols is 1. The molecule has 0 bridgehead atoms. The smallest absolute Gasteiger partial charge is 0.177 e. The van der Waals surface area contributed by atoms with Crippen LogP contribution in [-0.2, 0) is 13.7 Å². The lowest BCUT2D eigenvalue weighted by Crippen LogP contribution is -1.95. The van der Waals surface area contributed by atoms with Gasteiger partial charge in [-0.05, 0) is 28.1 Å². The summed E-state index contributed by atoms with van der Waals surface area (Å²) >= 11 is 3.30. The lowest BCUT2D eigenvalue weighted by atomic mass is 10.3. The number of ether oxygens (including phenoxy) is 1. The molecule has 0 aliphatic carbocycles. The number of halogens is 1. The van der Waals surface area contributed by atoms with Gasteiger partial charge in [-0.2, -0.15) is 0 Å².